The molecule has 0 fully saturated rings. The van der Waals surface area contributed by atoms with E-state index in [4.69, 9.17) is 9.47 Å². The first-order valence-corrected chi connectivity index (χ1v) is 3.58. The lowest BCUT2D eigenvalue weighted by atomic mass is 10.1. The van der Waals surface area contributed by atoms with Gasteiger partial charge in [-0.25, -0.2) is 0 Å². The topological polar surface area (TPSA) is 35.5 Å². The van der Waals surface area contributed by atoms with Gasteiger partial charge in [0.1, 0.15) is 0 Å². The maximum atomic E-state index is 10.7. The average molecular weight is 170 g/mol. The number of rotatable bonds is 3. The third-order valence-corrected chi connectivity index (χ3v) is 1.31. The van der Waals surface area contributed by atoms with E-state index in [0.717, 1.165) is 0 Å². The molecule has 0 saturated carbocycles. The number of methoxy groups -OCH3 is 1. The van der Waals surface area contributed by atoms with Crippen molar-refractivity contribution < 1.29 is 14.3 Å². The molecule has 0 amide bonds. The van der Waals surface area contributed by atoms with Crippen LogP contribution >= 0.6 is 0 Å². The fourth-order valence-electron chi connectivity index (χ4n) is 0.936. The third kappa shape index (κ3) is 2.81. The zero-order chi connectivity index (χ0) is 9.78. The second-order valence-corrected chi connectivity index (χ2v) is 2.81. The normalized spacial score (nSPS) is 10.0. The molecule has 0 aromatic carbocycles. The van der Waals surface area contributed by atoms with Crippen molar-refractivity contribution in [1.82, 2.24) is 0 Å². The van der Waals surface area contributed by atoms with E-state index in [9.17, 15) is 4.79 Å². The summed E-state index contributed by atoms with van der Waals surface area (Å²) in [6, 6.07) is 0. The van der Waals surface area contributed by atoms with Gasteiger partial charge in [-0.05, 0) is 13.8 Å². The molecule has 0 spiro atoms. The molecule has 0 aromatic heterocycles. The molecule has 0 rings (SSSR count). The molecular weight excluding hydrogens is 156 g/mol. The highest BCUT2D eigenvalue weighted by Crippen LogP contribution is 2.19. The molecular formula is C9H14O3. The summed E-state index contributed by atoms with van der Waals surface area (Å²) in [5, 5.41) is 0. The van der Waals surface area contributed by atoms with Gasteiger partial charge in [-0.15, -0.1) is 0 Å². The number of hydrogen-bond donors (Lipinski definition) is 0. The van der Waals surface area contributed by atoms with Crippen LogP contribution in [0.5, 0.6) is 0 Å². The summed E-state index contributed by atoms with van der Waals surface area (Å²) in [5.74, 6) is 0.0579. The van der Waals surface area contributed by atoms with E-state index < -0.39 is 5.60 Å². The molecule has 0 atom stereocenters. The minimum atomic E-state index is -0.789. The van der Waals surface area contributed by atoms with Gasteiger partial charge >= 0.3 is 5.97 Å². The maximum Gasteiger partial charge on any atom is 0.303 e. The Kier molecular flexibility index (Phi) is 3.58. The molecule has 0 bridgehead atoms. The first-order valence-electron chi connectivity index (χ1n) is 3.58. The lowest BCUT2D eigenvalue weighted by Crippen LogP contribution is -2.29. The minimum Gasteiger partial charge on any atom is -0.489 e. The summed E-state index contributed by atoms with van der Waals surface area (Å²) < 4.78 is 9.91. The molecule has 0 radical (unpaired) electrons. The van der Waals surface area contributed by atoms with Crippen molar-refractivity contribution in [3.05, 3.63) is 18.1 Å². The highest BCUT2D eigenvalue weighted by atomic mass is 16.6. The van der Waals surface area contributed by atoms with Gasteiger partial charge in [0.05, 0.1) is 7.11 Å². The Hall–Kier alpha value is -1.21. The van der Waals surface area contributed by atoms with Crippen LogP contribution in [0.4, 0.5) is 0 Å². The summed E-state index contributed by atoms with van der Waals surface area (Å²) in [6.07, 6.45) is 0. The number of ether oxygens (including phenoxy) is 2. The van der Waals surface area contributed by atoms with Gasteiger partial charge in [0.15, 0.2) is 11.4 Å². The number of carbonyl (C=O) groups is 1. The van der Waals surface area contributed by atoms with Crippen LogP contribution in [0, 0.1) is 0 Å². The van der Waals surface area contributed by atoms with E-state index in [1.165, 1.54) is 14.0 Å². The molecule has 0 unspecified atom stereocenters. The summed E-state index contributed by atoms with van der Waals surface area (Å²) in [5.41, 5.74) is 1.78. The first kappa shape index (κ1) is 10.8. The monoisotopic (exact) mass is 170 g/mol. The number of esters is 1. The summed E-state index contributed by atoms with van der Waals surface area (Å²) in [6.45, 7) is 8.20. The molecule has 0 aliphatic rings. The average Bonchev–Trinajstić information content (AvgIpc) is 1.85. The first-order chi connectivity index (χ1) is 5.44. The second kappa shape index (κ2) is 3.98. The van der Waals surface area contributed by atoms with Crippen molar-refractivity contribution in [2.75, 3.05) is 7.11 Å². The molecule has 0 aliphatic carbocycles. The zero-order valence-corrected chi connectivity index (χ0v) is 7.93. The van der Waals surface area contributed by atoms with Gasteiger partial charge in [0.2, 0.25) is 0 Å². The Balaban J connectivity index is 4.58. The zero-order valence-electron chi connectivity index (χ0n) is 7.93. The SMILES string of the molecule is C=C=C(OC)C(C)(C)OC(C)=O. The predicted molar refractivity (Wildman–Crippen MR) is 45.5 cm³/mol. The fourth-order valence-corrected chi connectivity index (χ4v) is 0.936. The highest BCUT2D eigenvalue weighted by Gasteiger charge is 2.27. The molecule has 0 heterocycles. The van der Waals surface area contributed by atoms with Crippen molar-refractivity contribution in [3.63, 3.8) is 0 Å². The van der Waals surface area contributed by atoms with E-state index in [2.05, 4.69) is 12.3 Å². The molecule has 12 heavy (non-hydrogen) atoms. The smallest absolute Gasteiger partial charge is 0.303 e. The van der Waals surface area contributed by atoms with Crippen LogP contribution in [-0.2, 0) is 14.3 Å². The Morgan fingerprint density at radius 1 is 1.50 bits per heavy atom. The largest absolute Gasteiger partial charge is 0.489 e. The van der Waals surface area contributed by atoms with Crippen LogP contribution in [0.25, 0.3) is 0 Å². The molecule has 0 aliphatic heterocycles. The lowest BCUT2D eigenvalue weighted by Gasteiger charge is -2.24. The quantitative estimate of drug-likeness (QED) is 0.367. The van der Waals surface area contributed by atoms with Crippen LogP contribution in [0.3, 0.4) is 0 Å². The summed E-state index contributed by atoms with van der Waals surface area (Å²) >= 11 is 0. The second-order valence-electron chi connectivity index (χ2n) is 2.81. The molecule has 0 N–H and O–H groups in total. The van der Waals surface area contributed by atoms with Crippen molar-refractivity contribution >= 4 is 5.97 Å². The molecule has 3 heteroatoms. The summed E-state index contributed by atoms with van der Waals surface area (Å²) in [4.78, 5) is 10.7. The van der Waals surface area contributed by atoms with Crippen LogP contribution in [0.1, 0.15) is 20.8 Å². The Morgan fingerprint density at radius 3 is 2.25 bits per heavy atom. The van der Waals surface area contributed by atoms with Crippen LogP contribution in [0.15, 0.2) is 18.1 Å². The Labute approximate surface area is 72.7 Å². The van der Waals surface area contributed by atoms with Crippen LogP contribution in [-0.4, -0.2) is 18.7 Å². The van der Waals surface area contributed by atoms with Crippen LogP contribution < -0.4 is 0 Å². The van der Waals surface area contributed by atoms with E-state index in [-0.39, 0.29) is 5.97 Å². The van der Waals surface area contributed by atoms with E-state index in [1.54, 1.807) is 13.8 Å². The van der Waals surface area contributed by atoms with Gasteiger partial charge in [-0.1, -0.05) is 12.3 Å². The Bertz CT molecular complexity index is 222. The minimum absolute atomic E-state index is 0.357. The predicted octanol–water partition coefficient (Wildman–Crippen LogP) is 1.64. The van der Waals surface area contributed by atoms with Crippen molar-refractivity contribution in [3.8, 4) is 0 Å². The van der Waals surface area contributed by atoms with Crippen molar-refractivity contribution in [2.24, 2.45) is 0 Å². The van der Waals surface area contributed by atoms with Gasteiger partial charge in [-0.2, -0.15) is 0 Å². The number of carbonyl (C=O) groups excluding carboxylic acids is 1. The van der Waals surface area contributed by atoms with E-state index in [1.807, 2.05) is 0 Å². The maximum absolute atomic E-state index is 10.7. The molecule has 3 nitrogen and oxygen atoms in total. The van der Waals surface area contributed by atoms with Gasteiger partial charge < -0.3 is 9.47 Å². The van der Waals surface area contributed by atoms with E-state index in [0.29, 0.717) is 5.76 Å². The Morgan fingerprint density at radius 2 is 2.00 bits per heavy atom. The van der Waals surface area contributed by atoms with Crippen molar-refractivity contribution in [2.45, 2.75) is 26.4 Å². The van der Waals surface area contributed by atoms with Gasteiger partial charge in [0, 0.05) is 6.92 Å². The molecule has 0 saturated heterocycles. The highest BCUT2D eigenvalue weighted by molar-refractivity contribution is 5.66. The molecule has 0 aromatic rings. The van der Waals surface area contributed by atoms with Gasteiger partial charge in [0.25, 0.3) is 0 Å². The fraction of sp³-hybridized carbons (Fsp3) is 0.556. The van der Waals surface area contributed by atoms with Crippen molar-refractivity contribution in [1.29, 1.82) is 0 Å². The standard InChI is InChI=1S/C9H14O3/c1-6-8(11-5)9(3,4)12-7(2)10/h1H2,2-5H3. The van der Waals surface area contributed by atoms with E-state index >= 15 is 0 Å². The van der Waals surface area contributed by atoms with Crippen LogP contribution in [0.2, 0.25) is 0 Å². The van der Waals surface area contributed by atoms with Gasteiger partial charge in [-0.3, -0.25) is 4.79 Å². The lowest BCUT2D eigenvalue weighted by molar-refractivity contribution is -0.153. The molecule has 68 valence electrons. The number of hydrogen-bond acceptors (Lipinski definition) is 3. The summed E-state index contributed by atoms with van der Waals surface area (Å²) in [7, 11) is 1.48. The third-order valence-electron chi connectivity index (χ3n) is 1.31.